The molecule has 0 atom stereocenters. The van der Waals surface area contributed by atoms with Crippen LogP contribution in [0.4, 0.5) is 11.4 Å². The van der Waals surface area contributed by atoms with Crippen LogP contribution in [0.15, 0.2) is 53.4 Å². The summed E-state index contributed by atoms with van der Waals surface area (Å²) in [6.07, 6.45) is 0.397. The maximum absolute atomic E-state index is 12.1. The molecule has 0 saturated heterocycles. The smallest absolute Gasteiger partial charge is 0.313 e. The Morgan fingerprint density at radius 2 is 1.60 bits per heavy atom. The normalized spacial score (nSPS) is 11.2. The second-order valence-electron chi connectivity index (χ2n) is 6.68. The van der Waals surface area contributed by atoms with E-state index < -0.39 is 26.8 Å². The van der Waals surface area contributed by atoms with E-state index in [-0.39, 0.29) is 28.9 Å². The molecule has 0 unspecified atom stereocenters. The van der Waals surface area contributed by atoms with Gasteiger partial charge < -0.3 is 10.6 Å². The number of anilines is 1. The summed E-state index contributed by atoms with van der Waals surface area (Å²) in [5, 5.41) is 15.4. The molecule has 3 N–H and O–H groups in total. The molecule has 0 saturated carbocycles. The summed E-state index contributed by atoms with van der Waals surface area (Å²) in [6.45, 7) is 3.63. The van der Waals surface area contributed by atoms with Crippen molar-refractivity contribution in [2.75, 3.05) is 11.9 Å². The van der Waals surface area contributed by atoms with Crippen LogP contribution >= 0.6 is 0 Å². The van der Waals surface area contributed by atoms with Crippen molar-refractivity contribution in [2.45, 2.75) is 31.2 Å². The Kier molecular flexibility index (Phi) is 7.61. The van der Waals surface area contributed by atoms with Gasteiger partial charge in [0.25, 0.3) is 5.69 Å². The van der Waals surface area contributed by atoms with Gasteiger partial charge in [-0.2, -0.15) is 0 Å². The van der Waals surface area contributed by atoms with Crippen LogP contribution in [-0.2, 0) is 26.0 Å². The van der Waals surface area contributed by atoms with Gasteiger partial charge in [-0.3, -0.25) is 19.7 Å². The van der Waals surface area contributed by atoms with Gasteiger partial charge in [0.15, 0.2) is 0 Å². The van der Waals surface area contributed by atoms with E-state index >= 15 is 0 Å². The first kappa shape index (κ1) is 23.0. The average Bonchev–Trinajstić information content (AvgIpc) is 2.67. The third-order valence-corrected chi connectivity index (χ3v) is 5.54. The van der Waals surface area contributed by atoms with E-state index in [2.05, 4.69) is 15.4 Å². The number of rotatable bonds is 8. The van der Waals surface area contributed by atoms with Crippen molar-refractivity contribution in [3.8, 4) is 0 Å². The Morgan fingerprint density at radius 1 is 1.00 bits per heavy atom. The van der Waals surface area contributed by atoms with Gasteiger partial charge >= 0.3 is 11.8 Å². The van der Waals surface area contributed by atoms with Crippen molar-refractivity contribution < 1.29 is 22.9 Å². The first-order valence-corrected chi connectivity index (χ1v) is 10.5. The van der Waals surface area contributed by atoms with Crippen molar-refractivity contribution >= 4 is 33.2 Å². The fraction of sp³-hybridized carbons (Fsp3) is 0.263. The van der Waals surface area contributed by atoms with Crippen LogP contribution in [0.5, 0.6) is 0 Å². The van der Waals surface area contributed by atoms with Crippen molar-refractivity contribution in [1.29, 1.82) is 0 Å². The molecule has 0 spiro atoms. The minimum atomic E-state index is -3.57. The van der Waals surface area contributed by atoms with Crippen LogP contribution in [0.1, 0.15) is 19.4 Å². The quantitative estimate of drug-likeness (QED) is 0.326. The predicted molar refractivity (Wildman–Crippen MR) is 110 cm³/mol. The van der Waals surface area contributed by atoms with E-state index in [4.69, 9.17) is 0 Å². The SMILES string of the molecule is CC(C)NS(=O)(=O)c1ccc(CCNC(=O)C(=O)Nc2ccc([N+](=O)[O-])cc2)cc1. The molecule has 2 aromatic carbocycles. The highest BCUT2D eigenvalue weighted by molar-refractivity contribution is 7.89. The van der Waals surface area contributed by atoms with E-state index in [9.17, 15) is 28.1 Å². The van der Waals surface area contributed by atoms with Crippen molar-refractivity contribution in [3.05, 3.63) is 64.2 Å². The second kappa shape index (κ2) is 9.94. The standard InChI is InChI=1S/C19H22N4O6S/c1-13(2)22-30(28,29)17-9-3-14(4-10-17)11-12-20-18(24)19(25)21-15-5-7-16(8-6-15)23(26)27/h3-10,13,22H,11-12H2,1-2H3,(H,20,24)(H,21,25). The lowest BCUT2D eigenvalue weighted by atomic mass is 10.1. The molecular weight excluding hydrogens is 412 g/mol. The summed E-state index contributed by atoms with van der Waals surface area (Å²) in [5.74, 6) is -1.75. The first-order chi connectivity index (χ1) is 14.1. The molecule has 10 nitrogen and oxygen atoms in total. The summed E-state index contributed by atoms with van der Waals surface area (Å²) in [7, 11) is -3.57. The van der Waals surface area contributed by atoms with Gasteiger partial charge in [-0.1, -0.05) is 12.1 Å². The molecule has 0 bridgehead atoms. The molecule has 0 radical (unpaired) electrons. The maximum Gasteiger partial charge on any atom is 0.313 e. The highest BCUT2D eigenvalue weighted by atomic mass is 32.2. The van der Waals surface area contributed by atoms with Gasteiger partial charge in [0, 0.05) is 30.4 Å². The van der Waals surface area contributed by atoms with Crippen molar-refractivity contribution in [3.63, 3.8) is 0 Å². The number of nitrogens with zero attached hydrogens (tertiary/aromatic N) is 1. The highest BCUT2D eigenvalue weighted by Gasteiger charge is 2.16. The lowest BCUT2D eigenvalue weighted by Crippen LogP contribution is -2.36. The van der Waals surface area contributed by atoms with Crippen molar-refractivity contribution in [2.24, 2.45) is 0 Å². The lowest BCUT2D eigenvalue weighted by molar-refractivity contribution is -0.384. The monoisotopic (exact) mass is 434 g/mol. The largest absolute Gasteiger partial charge is 0.347 e. The zero-order chi connectivity index (χ0) is 22.3. The van der Waals surface area contributed by atoms with E-state index in [0.29, 0.717) is 6.42 Å². The Bertz CT molecular complexity index is 1020. The first-order valence-electron chi connectivity index (χ1n) is 9.03. The summed E-state index contributed by atoms with van der Waals surface area (Å²) in [5.41, 5.74) is 0.915. The number of carbonyl (C=O) groups is 2. The number of hydrogen-bond donors (Lipinski definition) is 3. The molecule has 2 aromatic rings. The number of hydrogen-bond acceptors (Lipinski definition) is 6. The van der Waals surface area contributed by atoms with Gasteiger partial charge in [0.1, 0.15) is 0 Å². The summed E-state index contributed by atoms with van der Waals surface area (Å²) in [4.78, 5) is 34.0. The second-order valence-corrected chi connectivity index (χ2v) is 8.40. The Hall–Kier alpha value is -3.31. The Balaban J connectivity index is 1.83. The maximum atomic E-state index is 12.1. The van der Waals surface area contributed by atoms with E-state index in [1.807, 2.05) is 0 Å². The van der Waals surface area contributed by atoms with E-state index in [1.54, 1.807) is 26.0 Å². The zero-order valence-corrected chi connectivity index (χ0v) is 17.2. The molecule has 0 aliphatic carbocycles. The number of nitro groups is 1. The van der Waals surface area contributed by atoms with Gasteiger partial charge in [-0.25, -0.2) is 13.1 Å². The molecule has 11 heteroatoms. The van der Waals surface area contributed by atoms with Crippen LogP contribution in [0.3, 0.4) is 0 Å². The number of benzene rings is 2. The lowest BCUT2D eigenvalue weighted by Gasteiger charge is -2.10. The minimum absolute atomic E-state index is 0.128. The third-order valence-electron chi connectivity index (χ3n) is 3.87. The average molecular weight is 434 g/mol. The molecule has 0 aliphatic heterocycles. The molecule has 160 valence electrons. The Labute approximate surface area is 173 Å². The number of nitrogens with one attached hydrogen (secondary N) is 3. The fourth-order valence-corrected chi connectivity index (χ4v) is 3.72. The van der Waals surface area contributed by atoms with Gasteiger partial charge in [-0.05, 0) is 50.1 Å². The van der Waals surface area contributed by atoms with Crippen LogP contribution in [0, 0.1) is 10.1 Å². The minimum Gasteiger partial charge on any atom is -0.347 e. The van der Waals surface area contributed by atoms with Crippen molar-refractivity contribution in [1.82, 2.24) is 10.0 Å². The third kappa shape index (κ3) is 6.64. The van der Waals surface area contributed by atoms with Crippen LogP contribution < -0.4 is 15.4 Å². The van der Waals surface area contributed by atoms with Gasteiger partial charge in [0.2, 0.25) is 10.0 Å². The molecule has 0 fully saturated rings. The zero-order valence-electron chi connectivity index (χ0n) is 16.4. The molecule has 0 aliphatic rings. The van der Waals surface area contributed by atoms with Crippen LogP contribution in [-0.4, -0.2) is 37.7 Å². The number of non-ortho nitro benzene ring substituents is 1. The number of nitro benzene ring substituents is 1. The summed E-state index contributed by atoms with van der Waals surface area (Å²) >= 11 is 0. The van der Waals surface area contributed by atoms with Crippen LogP contribution in [0.25, 0.3) is 0 Å². The summed E-state index contributed by atoms with van der Waals surface area (Å²) in [6, 6.07) is 11.1. The molecule has 0 aromatic heterocycles. The molecule has 2 rings (SSSR count). The topological polar surface area (TPSA) is 148 Å². The fourth-order valence-electron chi connectivity index (χ4n) is 2.47. The molecular formula is C19H22N4O6S. The predicted octanol–water partition coefficient (Wildman–Crippen LogP) is 1.58. The number of amides is 2. The molecule has 0 heterocycles. The van der Waals surface area contributed by atoms with E-state index in [1.165, 1.54) is 36.4 Å². The Morgan fingerprint density at radius 3 is 2.13 bits per heavy atom. The van der Waals surface area contributed by atoms with Crippen LogP contribution in [0.2, 0.25) is 0 Å². The van der Waals surface area contributed by atoms with Gasteiger partial charge in [0.05, 0.1) is 9.82 Å². The number of sulfonamides is 1. The molecule has 2 amide bonds. The van der Waals surface area contributed by atoms with E-state index in [0.717, 1.165) is 5.56 Å². The number of carbonyl (C=O) groups excluding carboxylic acids is 2. The van der Waals surface area contributed by atoms with Gasteiger partial charge in [-0.15, -0.1) is 0 Å². The molecule has 30 heavy (non-hydrogen) atoms. The summed E-state index contributed by atoms with van der Waals surface area (Å²) < 4.78 is 26.7. The highest BCUT2D eigenvalue weighted by Crippen LogP contribution is 2.15.